The van der Waals surface area contributed by atoms with E-state index in [-0.39, 0.29) is 11.9 Å². The van der Waals surface area contributed by atoms with Gasteiger partial charge in [0.1, 0.15) is 0 Å². The SMILES string of the molecule is Cc1cc(I)ccc1NC(=O)C1CCC2CCCCC2N1. The number of aryl methyl sites for hydroxylation is 1. The van der Waals surface area contributed by atoms with Crippen LogP contribution in [-0.2, 0) is 4.79 Å². The Bertz CT molecular complexity index is 532. The number of piperidine rings is 1. The summed E-state index contributed by atoms with van der Waals surface area (Å²) in [6, 6.07) is 6.67. The number of hydrogen-bond acceptors (Lipinski definition) is 2. The molecule has 1 amide bonds. The maximum Gasteiger partial charge on any atom is 0.241 e. The number of carbonyl (C=O) groups excluding carboxylic acids is 1. The number of amides is 1. The second-order valence-corrected chi connectivity index (χ2v) is 7.64. The van der Waals surface area contributed by atoms with Crippen molar-refractivity contribution in [1.82, 2.24) is 5.32 Å². The Labute approximate surface area is 140 Å². The van der Waals surface area contributed by atoms with Gasteiger partial charge in [0.25, 0.3) is 0 Å². The fourth-order valence-corrected chi connectivity index (χ4v) is 4.34. The summed E-state index contributed by atoms with van der Waals surface area (Å²) in [6.07, 6.45) is 7.40. The minimum absolute atomic E-state index is 0.0250. The lowest BCUT2D eigenvalue weighted by atomic mass is 9.77. The monoisotopic (exact) mass is 398 g/mol. The normalized spacial score (nSPS) is 28.8. The molecule has 3 atom stereocenters. The lowest BCUT2D eigenvalue weighted by Crippen LogP contribution is -2.53. The van der Waals surface area contributed by atoms with Crippen molar-refractivity contribution in [2.24, 2.45) is 5.92 Å². The molecule has 1 aliphatic heterocycles. The number of rotatable bonds is 2. The van der Waals surface area contributed by atoms with Gasteiger partial charge in [0.05, 0.1) is 6.04 Å². The zero-order valence-corrected chi connectivity index (χ0v) is 14.7. The molecule has 3 rings (SSSR count). The molecular weight excluding hydrogens is 375 g/mol. The van der Waals surface area contributed by atoms with Gasteiger partial charge in [-0.05, 0) is 84.9 Å². The van der Waals surface area contributed by atoms with E-state index in [0.717, 1.165) is 23.6 Å². The molecular formula is C17H23IN2O. The number of anilines is 1. The molecule has 0 bridgehead atoms. The van der Waals surface area contributed by atoms with Crippen molar-refractivity contribution in [3.05, 3.63) is 27.3 Å². The maximum absolute atomic E-state index is 12.5. The molecule has 1 aromatic rings. The molecule has 1 aliphatic carbocycles. The molecule has 0 aromatic heterocycles. The van der Waals surface area contributed by atoms with E-state index >= 15 is 0 Å². The lowest BCUT2D eigenvalue weighted by molar-refractivity contribution is -0.119. The average molecular weight is 398 g/mol. The van der Waals surface area contributed by atoms with Gasteiger partial charge in [-0.1, -0.05) is 12.8 Å². The fraction of sp³-hybridized carbons (Fsp3) is 0.588. The third-order valence-electron chi connectivity index (χ3n) is 4.91. The molecule has 21 heavy (non-hydrogen) atoms. The molecule has 114 valence electrons. The largest absolute Gasteiger partial charge is 0.324 e. The van der Waals surface area contributed by atoms with E-state index in [1.54, 1.807) is 0 Å². The van der Waals surface area contributed by atoms with Crippen molar-refractivity contribution in [3.8, 4) is 0 Å². The predicted molar refractivity (Wildman–Crippen MR) is 94.4 cm³/mol. The summed E-state index contributed by atoms with van der Waals surface area (Å²) in [5, 5.41) is 6.69. The zero-order chi connectivity index (χ0) is 14.8. The van der Waals surface area contributed by atoms with Gasteiger partial charge in [0.2, 0.25) is 5.91 Å². The first-order chi connectivity index (χ1) is 10.1. The summed E-state index contributed by atoms with van der Waals surface area (Å²) in [7, 11) is 0. The van der Waals surface area contributed by atoms with Crippen LogP contribution in [0.25, 0.3) is 0 Å². The van der Waals surface area contributed by atoms with Crippen molar-refractivity contribution >= 4 is 34.2 Å². The third kappa shape index (κ3) is 3.59. The first-order valence-electron chi connectivity index (χ1n) is 7.96. The quantitative estimate of drug-likeness (QED) is 0.744. The van der Waals surface area contributed by atoms with E-state index in [2.05, 4.69) is 39.3 Å². The number of hydrogen-bond donors (Lipinski definition) is 2. The minimum atomic E-state index is -0.0250. The summed E-state index contributed by atoms with van der Waals surface area (Å²) in [6.45, 7) is 2.04. The van der Waals surface area contributed by atoms with Crippen LogP contribution in [0.2, 0.25) is 0 Å². The van der Waals surface area contributed by atoms with E-state index in [1.165, 1.54) is 35.7 Å². The van der Waals surface area contributed by atoms with Crippen LogP contribution in [-0.4, -0.2) is 18.0 Å². The van der Waals surface area contributed by atoms with Gasteiger partial charge in [-0.25, -0.2) is 0 Å². The number of benzene rings is 1. The molecule has 1 saturated heterocycles. The molecule has 1 saturated carbocycles. The molecule has 4 heteroatoms. The highest BCUT2D eigenvalue weighted by atomic mass is 127. The first-order valence-corrected chi connectivity index (χ1v) is 9.04. The summed E-state index contributed by atoms with van der Waals surface area (Å²) >= 11 is 2.29. The Morgan fingerprint density at radius 1 is 1.24 bits per heavy atom. The van der Waals surface area contributed by atoms with Crippen LogP contribution < -0.4 is 10.6 Å². The van der Waals surface area contributed by atoms with Crippen LogP contribution in [0.3, 0.4) is 0 Å². The summed E-state index contributed by atoms with van der Waals surface area (Å²) in [4.78, 5) is 12.5. The summed E-state index contributed by atoms with van der Waals surface area (Å²) < 4.78 is 1.20. The van der Waals surface area contributed by atoms with Crippen molar-refractivity contribution in [2.45, 2.75) is 57.5 Å². The van der Waals surface area contributed by atoms with Crippen molar-refractivity contribution in [3.63, 3.8) is 0 Å². The topological polar surface area (TPSA) is 41.1 Å². The van der Waals surface area contributed by atoms with E-state index in [1.807, 2.05) is 19.1 Å². The smallest absolute Gasteiger partial charge is 0.241 e. The summed E-state index contributed by atoms with van der Waals surface area (Å²) in [5.74, 6) is 0.922. The Balaban J connectivity index is 1.63. The van der Waals surface area contributed by atoms with Gasteiger partial charge in [-0.2, -0.15) is 0 Å². The average Bonchev–Trinajstić information content (AvgIpc) is 2.49. The van der Waals surface area contributed by atoms with Gasteiger partial charge in [0.15, 0.2) is 0 Å². The highest BCUT2D eigenvalue weighted by Crippen LogP contribution is 2.32. The van der Waals surface area contributed by atoms with Gasteiger partial charge < -0.3 is 10.6 Å². The predicted octanol–water partition coefficient (Wildman–Crippen LogP) is 3.85. The fourth-order valence-electron chi connectivity index (χ4n) is 3.69. The molecule has 1 aromatic carbocycles. The summed E-state index contributed by atoms with van der Waals surface area (Å²) in [5.41, 5.74) is 2.06. The number of carbonyl (C=O) groups is 1. The van der Waals surface area contributed by atoms with Crippen molar-refractivity contribution < 1.29 is 4.79 Å². The highest BCUT2D eigenvalue weighted by Gasteiger charge is 2.34. The highest BCUT2D eigenvalue weighted by molar-refractivity contribution is 14.1. The van der Waals surface area contributed by atoms with E-state index in [4.69, 9.17) is 0 Å². The van der Waals surface area contributed by atoms with Crippen LogP contribution >= 0.6 is 22.6 Å². The van der Waals surface area contributed by atoms with E-state index < -0.39 is 0 Å². The van der Waals surface area contributed by atoms with Gasteiger partial charge >= 0.3 is 0 Å². The molecule has 0 spiro atoms. The van der Waals surface area contributed by atoms with E-state index in [9.17, 15) is 4.79 Å². The second-order valence-electron chi connectivity index (χ2n) is 6.40. The Kier molecular flexibility index (Phi) is 4.84. The Hall–Kier alpha value is -0.620. The van der Waals surface area contributed by atoms with Gasteiger partial charge in [-0.3, -0.25) is 4.79 Å². The second kappa shape index (κ2) is 6.65. The number of halogens is 1. The molecule has 1 heterocycles. The van der Waals surface area contributed by atoms with Gasteiger partial charge in [0, 0.05) is 15.3 Å². The van der Waals surface area contributed by atoms with Crippen molar-refractivity contribution in [2.75, 3.05) is 5.32 Å². The van der Waals surface area contributed by atoms with Crippen LogP contribution in [0, 0.1) is 16.4 Å². The van der Waals surface area contributed by atoms with Crippen LogP contribution in [0.1, 0.15) is 44.1 Å². The van der Waals surface area contributed by atoms with Crippen LogP contribution in [0.5, 0.6) is 0 Å². The third-order valence-corrected chi connectivity index (χ3v) is 5.58. The van der Waals surface area contributed by atoms with Crippen LogP contribution in [0.15, 0.2) is 18.2 Å². The molecule has 3 nitrogen and oxygen atoms in total. The maximum atomic E-state index is 12.5. The standard InChI is InChI=1S/C17H23IN2O/c1-11-10-13(18)7-9-14(11)20-17(21)16-8-6-12-4-2-3-5-15(12)19-16/h7,9-10,12,15-16,19H,2-6,8H2,1H3,(H,20,21). The molecule has 2 fully saturated rings. The van der Waals surface area contributed by atoms with Crippen molar-refractivity contribution in [1.29, 1.82) is 0 Å². The minimum Gasteiger partial charge on any atom is -0.324 e. The molecule has 2 aliphatic rings. The first kappa shape index (κ1) is 15.3. The molecule has 2 N–H and O–H groups in total. The zero-order valence-electron chi connectivity index (χ0n) is 12.5. The molecule has 0 radical (unpaired) electrons. The Morgan fingerprint density at radius 3 is 2.86 bits per heavy atom. The van der Waals surface area contributed by atoms with Crippen LogP contribution in [0.4, 0.5) is 5.69 Å². The Morgan fingerprint density at radius 2 is 2.05 bits per heavy atom. The number of fused-ring (bicyclic) bond motifs is 1. The molecule has 3 unspecified atom stereocenters. The van der Waals surface area contributed by atoms with Gasteiger partial charge in [-0.15, -0.1) is 0 Å². The lowest BCUT2D eigenvalue weighted by Gasteiger charge is -2.39. The van der Waals surface area contributed by atoms with E-state index in [0.29, 0.717) is 6.04 Å². The number of nitrogens with one attached hydrogen (secondary N) is 2.